The Morgan fingerprint density at radius 1 is 1.16 bits per heavy atom. The maximum Gasteiger partial charge on any atom is 0.447 e. The molecule has 0 radical (unpaired) electrons. The molecule has 9 nitrogen and oxygen atoms in total. The fraction of sp³-hybridized carbons (Fsp3) is 0.438. The molecule has 3 aliphatic rings. The van der Waals surface area contributed by atoms with Crippen LogP contribution in [0, 0.1) is 0 Å². The minimum Gasteiger partial charge on any atom is -0.462 e. The van der Waals surface area contributed by atoms with Crippen LogP contribution < -0.4 is 19.9 Å². The fourth-order valence-electron chi connectivity index (χ4n) is 6.51. The van der Waals surface area contributed by atoms with Gasteiger partial charge < -0.3 is 24.8 Å². The lowest BCUT2D eigenvalue weighted by atomic mass is 10.0. The number of likely N-dealkylation sites (N-methyl/N-ethyl adjacent to an activating group) is 1. The van der Waals surface area contributed by atoms with Crippen molar-refractivity contribution in [3.8, 4) is 6.01 Å². The molecule has 1 atom stereocenters. The number of likely N-dealkylation sites (tertiary alicyclic amines) is 1. The largest absolute Gasteiger partial charge is 0.462 e. The second-order valence-electron chi connectivity index (χ2n) is 11.5. The molecule has 1 aromatic heterocycles. The predicted molar refractivity (Wildman–Crippen MR) is 168 cm³/mol. The summed E-state index contributed by atoms with van der Waals surface area (Å²) in [6, 6.07) is 12.9. The van der Waals surface area contributed by atoms with Gasteiger partial charge in [0.1, 0.15) is 19.0 Å². The van der Waals surface area contributed by atoms with Crippen LogP contribution in [0.3, 0.4) is 0 Å². The summed E-state index contributed by atoms with van der Waals surface area (Å²) in [7, 11) is 3.94. The van der Waals surface area contributed by atoms with Gasteiger partial charge in [0.05, 0.1) is 30.4 Å². The van der Waals surface area contributed by atoms with Gasteiger partial charge >= 0.3 is 11.9 Å². The van der Waals surface area contributed by atoms with Gasteiger partial charge in [-0.05, 0) is 57.4 Å². The van der Waals surface area contributed by atoms with Gasteiger partial charge in [0.15, 0.2) is 12.3 Å². The number of rotatable bonds is 8. The molecule has 226 valence electrons. The first-order chi connectivity index (χ1) is 20.8. The van der Waals surface area contributed by atoms with E-state index in [2.05, 4.69) is 57.9 Å². The first kappa shape index (κ1) is 29.5. The summed E-state index contributed by atoms with van der Waals surface area (Å²) in [5, 5.41) is 5.97. The molecule has 4 heterocycles. The molecule has 3 aromatic rings. The number of halogens is 2. The number of benzene rings is 2. The van der Waals surface area contributed by atoms with E-state index in [-0.39, 0.29) is 0 Å². The van der Waals surface area contributed by atoms with Crippen LogP contribution >= 0.6 is 11.6 Å². The van der Waals surface area contributed by atoms with Crippen LogP contribution in [0.2, 0.25) is 5.02 Å². The number of carbonyl (C=O) groups excluding carboxylic acids is 1. The summed E-state index contributed by atoms with van der Waals surface area (Å²) in [5.74, 6) is -0.832. The van der Waals surface area contributed by atoms with Crippen molar-refractivity contribution in [2.24, 2.45) is 0 Å². The lowest BCUT2D eigenvalue weighted by molar-refractivity contribution is -0.448. The van der Waals surface area contributed by atoms with Crippen molar-refractivity contribution in [2.45, 2.75) is 31.8 Å². The van der Waals surface area contributed by atoms with E-state index in [0.29, 0.717) is 51.4 Å². The molecule has 1 fully saturated rings. The molecular formula is C32H38ClFN7O2+. The molecule has 1 saturated heterocycles. The Morgan fingerprint density at radius 2 is 1.98 bits per heavy atom. The highest BCUT2D eigenvalue weighted by atomic mass is 35.5. The Bertz CT molecular complexity index is 1590. The Kier molecular flexibility index (Phi) is 8.61. The molecule has 0 bridgehead atoms. The third-order valence-electron chi connectivity index (χ3n) is 8.78. The molecule has 1 N–H and O–H groups in total. The fourth-order valence-corrected chi connectivity index (χ4v) is 6.79. The van der Waals surface area contributed by atoms with Gasteiger partial charge in [-0.25, -0.2) is 4.79 Å². The van der Waals surface area contributed by atoms with Gasteiger partial charge in [-0.3, -0.25) is 0 Å². The standard InChI is InChI=1S/C32H38ClFN7O2/c1-21(34)31(42)41-16-15-40(18-24(41)17-35-2)30-25-12-14-39(28-11-5-8-22-7-4-10-26(33)29(22)28)19-27(25)36-32(37-30)43-20-23-9-6-13-38(23)3/h4-5,7-8,10-11,23,35H,1,6,9,12-20H2,2-3H3/q+1/t23-/m0/s1. The minimum absolute atomic E-state index is 0.330. The first-order valence-corrected chi connectivity index (χ1v) is 15.3. The summed E-state index contributed by atoms with van der Waals surface area (Å²) < 4.78 is 21.6. The third kappa shape index (κ3) is 5.96. The number of aromatic nitrogens is 2. The van der Waals surface area contributed by atoms with Crippen molar-refractivity contribution in [3.05, 3.63) is 65.1 Å². The van der Waals surface area contributed by atoms with Gasteiger partial charge in [0.25, 0.3) is 0 Å². The molecule has 11 heteroatoms. The highest BCUT2D eigenvalue weighted by Crippen LogP contribution is 2.37. The molecule has 0 unspecified atom stereocenters. The first-order valence-electron chi connectivity index (χ1n) is 14.9. The van der Waals surface area contributed by atoms with Crippen molar-refractivity contribution in [1.82, 2.24) is 20.2 Å². The lowest BCUT2D eigenvalue weighted by Gasteiger charge is -2.35. The van der Waals surface area contributed by atoms with E-state index >= 15 is 0 Å². The number of ether oxygens (including phenoxy) is 1. The van der Waals surface area contributed by atoms with Gasteiger partial charge in [-0.2, -0.15) is 18.9 Å². The second kappa shape index (κ2) is 12.6. The number of nitrogens with zero attached hydrogens (tertiary/aromatic N) is 6. The van der Waals surface area contributed by atoms with Crippen LogP contribution in [-0.2, 0) is 17.8 Å². The molecule has 0 aliphatic carbocycles. The molecular weight excluding hydrogens is 569 g/mol. The monoisotopic (exact) mass is 606 g/mol. The number of carbonyl (C=O) groups is 1. The van der Waals surface area contributed by atoms with E-state index in [9.17, 15) is 9.18 Å². The quantitative estimate of drug-likeness (QED) is 0.306. The van der Waals surface area contributed by atoms with Crippen LogP contribution in [0.4, 0.5) is 15.9 Å². The summed E-state index contributed by atoms with van der Waals surface area (Å²) in [6.07, 6.45) is 2.97. The number of amides is 1. The maximum absolute atomic E-state index is 13.8. The van der Waals surface area contributed by atoms with Crippen LogP contribution in [-0.4, -0.2) is 97.1 Å². The van der Waals surface area contributed by atoms with Crippen molar-refractivity contribution >= 4 is 45.5 Å². The Labute approximate surface area is 256 Å². The molecule has 1 amide bonds. The average molecular weight is 607 g/mol. The normalized spacial score (nSPS) is 19.2. The zero-order valence-corrected chi connectivity index (χ0v) is 25.5. The number of hydrogen-bond acceptors (Lipinski definition) is 8. The number of nitrogens with one attached hydrogen (secondary N) is 1. The Morgan fingerprint density at radius 3 is 2.72 bits per heavy atom. The SMILES string of the molecule is C=C(F)C(=O)[N+]1=C(CNC)CN(c2nc(OC[C@@H]3CCCN3C)nc3c2CCN(c2cccc4cccc(Cl)c24)C3)CC1. The van der Waals surface area contributed by atoms with Gasteiger partial charge in [0.2, 0.25) is 5.83 Å². The average Bonchev–Trinajstić information content (AvgIpc) is 3.43. The second-order valence-corrected chi connectivity index (χ2v) is 11.9. The van der Waals surface area contributed by atoms with Gasteiger partial charge in [-0.15, -0.1) is 0 Å². The maximum atomic E-state index is 13.8. The van der Waals surface area contributed by atoms with E-state index in [1.165, 1.54) is 4.58 Å². The van der Waals surface area contributed by atoms with Crippen molar-refractivity contribution in [3.63, 3.8) is 0 Å². The summed E-state index contributed by atoms with van der Waals surface area (Å²) in [6.45, 7) is 7.87. The Balaban J connectivity index is 1.36. The minimum atomic E-state index is -0.956. The predicted octanol–water partition coefficient (Wildman–Crippen LogP) is 3.82. The molecule has 0 saturated carbocycles. The van der Waals surface area contributed by atoms with Crippen LogP contribution in [0.25, 0.3) is 10.8 Å². The van der Waals surface area contributed by atoms with Gasteiger partial charge in [0, 0.05) is 29.2 Å². The van der Waals surface area contributed by atoms with E-state index in [4.69, 9.17) is 26.3 Å². The molecule has 2 aromatic carbocycles. The highest BCUT2D eigenvalue weighted by Gasteiger charge is 2.35. The number of fused-ring (bicyclic) bond motifs is 2. The summed E-state index contributed by atoms with van der Waals surface area (Å²) in [5.41, 5.74) is 3.84. The topological polar surface area (TPSA) is 76.8 Å². The highest BCUT2D eigenvalue weighted by molar-refractivity contribution is 6.36. The lowest BCUT2D eigenvalue weighted by Crippen LogP contribution is -2.50. The zero-order chi connectivity index (χ0) is 30.1. The molecule has 3 aliphatic heterocycles. The summed E-state index contributed by atoms with van der Waals surface area (Å²) >= 11 is 6.69. The van der Waals surface area contributed by atoms with E-state index in [1.54, 1.807) is 0 Å². The number of hydrogen-bond donors (Lipinski definition) is 1. The van der Waals surface area contributed by atoms with Crippen molar-refractivity contribution in [1.29, 1.82) is 0 Å². The van der Waals surface area contributed by atoms with Crippen molar-refractivity contribution in [2.75, 3.05) is 69.8 Å². The smallest absolute Gasteiger partial charge is 0.447 e. The van der Waals surface area contributed by atoms with Crippen molar-refractivity contribution < 1.29 is 18.5 Å². The molecule has 0 spiro atoms. The van der Waals surface area contributed by atoms with E-state index < -0.39 is 11.7 Å². The van der Waals surface area contributed by atoms with E-state index in [1.807, 2.05) is 19.2 Å². The zero-order valence-electron chi connectivity index (χ0n) is 24.8. The van der Waals surface area contributed by atoms with E-state index in [0.717, 1.165) is 76.6 Å². The Hall–Kier alpha value is -3.60. The van der Waals surface area contributed by atoms with Crippen LogP contribution in [0.5, 0.6) is 6.01 Å². The molecule has 6 rings (SSSR count). The number of anilines is 2. The van der Waals surface area contributed by atoms with Crippen LogP contribution in [0.1, 0.15) is 24.1 Å². The summed E-state index contributed by atoms with van der Waals surface area (Å²) in [4.78, 5) is 29.3. The molecule has 43 heavy (non-hydrogen) atoms. The third-order valence-corrected chi connectivity index (χ3v) is 9.09. The van der Waals surface area contributed by atoms with Crippen LogP contribution in [0.15, 0.2) is 48.8 Å². The van der Waals surface area contributed by atoms with Gasteiger partial charge in [-0.1, -0.05) is 42.4 Å².